The van der Waals surface area contributed by atoms with E-state index in [0.717, 1.165) is 21.8 Å². The van der Waals surface area contributed by atoms with Crippen LogP contribution in [0.15, 0.2) is 73.3 Å². The van der Waals surface area contributed by atoms with E-state index in [9.17, 15) is 36.6 Å². The average Bonchev–Trinajstić information content (AvgIpc) is 3.39. The number of aromatic hydroxyl groups is 2. The van der Waals surface area contributed by atoms with Crippen molar-refractivity contribution in [1.29, 1.82) is 0 Å². The molecule has 168 valence electrons. The molecule has 2 aromatic heterocycles. The molecule has 0 bridgehead atoms. The first-order valence-corrected chi connectivity index (χ1v) is 8.77. The van der Waals surface area contributed by atoms with Gasteiger partial charge in [0.15, 0.2) is 0 Å². The van der Waals surface area contributed by atoms with Crippen LogP contribution in [0.1, 0.15) is 11.1 Å². The largest absolute Gasteiger partial charge is 0.506 e. The van der Waals surface area contributed by atoms with Crippen molar-refractivity contribution >= 4 is 0 Å². The lowest BCUT2D eigenvalue weighted by atomic mass is 10.3. The smallest absolute Gasteiger partial charge is 0.419 e. The molecule has 0 aliphatic heterocycles. The minimum atomic E-state index is -4.43. The lowest BCUT2D eigenvalue weighted by Crippen LogP contribution is -2.03. The molecule has 0 aliphatic rings. The highest BCUT2D eigenvalue weighted by atomic mass is 19.4. The summed E-state index contributed by atoms with van der Waals surface area (Å²) in [5.41, 5.74) is -1.29. The van der Waals surface area contributed by atoms with Crippen LogP contribution in [0.25, 0.3) is 11.4 Å². The van der Waals surface area contributed by atoms with Crippen LogP contribution < -0.4 is 0 Å². The van der Waals surface area contributed by atoms with Crippen LogP contribution in [-0.4, -0.2) is 29.8 Å². The molecule has 32 heavy (non-hydrogen) atoms. The Morgan fingerprint density at radius 2 is 0.938 bits per heavy atom. The molecule has 0 amide bonds. The number of benzene rings is 2. The SMILES string of the molecule is Oc1ccccc1-n1cc(C(F)(F)F)cn1.Oc1ccccc1-n1cc(C(F)(F)F)cn1. The lowest BCUT2D eigenvalue weighted by molar-refractivity contribution is -0.138. The second kappa shape index (κ2) is 8.65. The van der Waals surface area contributed by atoms with Crippen LogP contribution in [0.4, 0.5) is 26.3 Å². The fraction of sp³-hybridized carbons (Fsp3) is 0.100. The molecule has 0 saturated heterocycles. The number of alkyl halides is 6. The van der Waals surface area contributed by atoms with Crippen molar-refractivity contribution in [2.45, 2.75) is 12.4 Å². The monoisotopic (exact) mass is 456 g/mol. The first-order chi connectivity index (χ1) is 15.0. The van der Waals surface area contributed by atoms with E-state index >= 15 is 0 Å². The Morgan fingerprint density at radius 1 is 0.594 bits per heavy atom. The molecule has 0 unspecified atom stereocenters. The highest BCUT2D eigenvalue weighted by Gasteiger charge is 2.33. The summed E-state index contributed by atoms with van der Waals surface area (Å²) in [6, 6.07) is 12.1. The quantitative estimate of drug-likeness (QED) is 0.407. The van der Waals surface area contributed by atoms with Crippen molar-refractivity contribution in [1.82, 2.24) is 19.6 Å². The average molecular weight is 456 g/mol. The predicted molar refractivity (Wildman–Crippen MR) is 100 cm³/mol. The maximum atomic E-state index is 12.3. The van der Waals surface area contributed by atoms with Crippen molar-refractivity contribution < 1.29 is 36.6 Å². The summed E-state index contributed by atoms with van der Waals surface area (Å²) < 4.78 is 75.8. The van der Waals surface area contributed by atoms with E-state index in [1.807, 2.05) is 0 Å². The summed E-state index contributed by atoms with van der Waals surface area (Å²) in [5.74, 6) is -0.251. The molecule has 0 aliphatic carbocycles. The maximum absolute atomic E-state index is 12.3. The maximum Gasteiger partial charge on any atom is 0.419 e. The molecule has 12 heteroatoms. The molecule has 0 atom stereocenters. The van der Waals surface area contributed by atoms with Gasteiger partial charge in [0.2, 0.25) is 0 Å². The molecule has 4 aromatic rings. The van der Waals surface area contributed by atoms with E-state index < -0.39 is 23.5 Å². The van der Waals surface area contributed by atoms with Gasteiger partial charge >= 0.3 is 12.4 Å². The zero-order valence-corrected chi connectivity index (χ0v) is 15.9. The van der Waals surface area contributed by atoms with Gasteiger partial charge in [0.1, 0.15) is 22.9 Å². The number of phenolic OH excluding ortho intramolecular Hbond substituents is 2. The zero-order valence-electron chi connectivity index (χ0n) is 15.9. The van der Waals surface area contributed by atoms with E-state index in [-0.39, 0.29) is 22.9 Å². The van der Waals surface area contributed by atoms with Crippen LogP contribution in [0.3, 0.4) is 0 Å². The summed E-state index contributed by atoms with van der Waals surface area (Å²) in [6.07, 6.45) is -5.77. The summed E-state index contributed by atoms with van der Waals surface area (Å²) in [4.78, 5) is 0. The second-order valence-electron chi connectivity index (χ2n) is 6.32. The van der Waals surface area contributed by atoms with Crippen LogP contribution in [0.5, 0.6) is 11.5 Å². The van der Waals surface area contributed by atoms with Gasteiger partial charge in [0, 0.05) is 12.4 Å². The topological polar surface area (TPSA) is 76.1 Å². The van der Waals surface area contributed by atoms with Gasteiger partial charge in [-0.3, -0.25) is 0 Å². The van der Waals surface area contributed by atoms with Crippen LogP contribution in [0.2, 0.25) is 0 Å². The third kappa shape index (κ3) is 5.20. The van der Waals surface area contributed by atoms with E-state index in [2.05, 4.69) is 10.2 Å². The molecule has 0 saturated carbocycles. The number of hydrogen-bond donors (Lipinski definition) is 2. The highest BCUT2D eigenvalue weighted by molar-refractivity contribution is 5.45. The van der Waals surface area contributed by atoms with Gasteiger partial charge in [-0.25, -0.2) is 9.36 Å². The first-order valence-electron chi connectivity index (χ1n) is 8.77. The Hall–Kier alpha value is -3.96. The lowest BCUT2D eigenvalue weighted by Gasteiger charge is -2.03. The van der Waals surface area contributed by atoms with Gasteiger partial charge in [0.25, 0.3) is 0 Å². The van der Waals surface area contributed by atoms with Crippen molar-refractivity contribution in [2.24, 2.45) is 0 Å². The normalized spacial score (nSPS) is 11.7. The molecule has 0 fully saturated rings. The van der Waals surface area contributed by atoms with E-state index in [1.54, 1.807) is 24.3 Å². The Kier molecular flexibility index (Phi) is 6.14. The molecule has 2 aromatic carbocycles. The Morgan fingerprint density at radius 3 is 1.22 bits per heavy atom. The fourth-order valence-electron chi connectivity index (χ4n) is 2.52. The molecule has 2 heterocycles. The third-order valence-corrected chi connectivity index (χ3v) is 4.08. The number of nitrogens with zero attached hydrogens (tertiary/aromatic N) is 4. The minimum Gasteiger partial charge on any atom is -0.506 e. The van der Waals surface area contributed by atoms with Crippen LogP contribution in [0, 0.1) is 0 Å². The van der Waals surface area contributed by atoms with E-state index in [0.29, 0.717) is 12.4 Å². The van der Waals surface area contributed by atoms with Gasteiger partial charge in [-0.05, 0) is 24.3 Å². The van der Waals surface area contributed by atoms with E-state index in [1.165, 1.54) is 24.3 Å². The van der Waals surface area contributed by atoms with Gasteiger partial charge in [0.05, 0.1) is 23.5 Å². The summed E-state index contributed by atoms with van der Waals surface area (Å²) in [6.45, 7) is 0. The first kappa shape index (κ1) is 22.7. The summed E-state index contributed by atoms with van der Waals surface area (Å²) >= 11 is 0. The van der Waals surface area contributed by atoms with Crippen molar-refractivity contribution in [3.63, 3.8) is 0 Å². The van der Waals surface area contributed by atoms with E-state index in [4.69, 9.17) is 0 Å². The number of phenols is 2. The number of hydrogen-bond acceptors (Lipinski definition) is 4. The second-order valence-corrected chi connectivity index (χ2v) is 6.32. The Bertz CT molecular complexity index is 1100. The van der Waals surface area contributed by atoms with Crippen LogP contribution in [-0.2, 0) is 12.4 Å². The number of aromatic nitrogens is 4. The Labute approximate surface area is 176 Å². The molecule has 0 spiro atoms. The van der Waals surface area contributed by atoms with Gasteiger partial charge in [-0.2, -0.15) is 36.5 Å². The van der Waals surface area contributed by atoms with Crippen molar-refractivity contribution in [3.8, 4) is 22.9 Å². The standard InChI is InChI=1S/2C10H7F3N2O/c2*11-10(12,13)7-5-14-15(6-7)8-3-1-2-4-9(8)16/h2*1-6,16H. The minimum absolute atomic E-state index is 0.126. The molecule has 4 rings (SSSR count). The summed E-state index contributed by atoms with van der Waals surface area (Å²) in [7, 11) is 0. The van der Waals surface area contributed by atoms with Gasteiger partial charge in [-0.1, -0.05) is 24.3 Å². The number of halogens is 6. The highest BCUT2D eigenvalue weighted by Crippen LogP contribution is 2.31. The van der Waals surface area contributed by atoms with Gasteiger partial charge < -0.3 is 10.2 Å². The third-order valence-electron chi connectivity index (χ3n) is 4.08. The fourth-order valence-corrected chi connectivity index (χ4v) is 2.52. The Balaban J connectivity index is 0.000000181. The van der Waals surface area contributed by atoms with Crippen molar-refractivity contribution in [2.75, 3.05) is 0 Å². The van der Waals surface area contributed by atoms with Crippen molar-refractivity contribution in [3.05, 3.63) is 84.4 Å². The van der Waals surface area contributed by atoms with Crippen LogP contribution >= 0.6 is 0 Å². The predicted octanol–water partition coefficient (Wildman–Crippen LogP) is 5.19. The number of para-hydroxylation sites is 4. The molecular weight excluding hydrogens is 442 g/mol. The van der Waals surface area contributed by atoms with Gasteiger partial charge in [-0.15, -0.1) is 0 Å². The zero-order chi connectivity index (χ0) is 23.5. The molecular formula is C20H14F6N4O2. The molecule has 0 radical (unpaired) electrons. The molecule has 2 N–H and O–H groups in total. The number of rotatable bonds is 2. The molecule has 6 nitrogen and oxygen atoms in total. The summed E-state index contributed by atoms with van der Waals surface area (Å²) in [5, 5.41) is 26.0.